The van der Waals surface area contributed by atoms with Gasteiger partial charge in [-0.3, -0.25) is 14.4 Å². The van der Waals surface area contributed by atoms with E-state index in [0.29, 0.717) is 41.5 Å². The maximum absolute atomic E-state index is 12.3. The topological polar surface area (TPSA) is 75.7 Å². The summed E-state index contributed by atoms with van der Waals surface area (Å²) in [5.74, 6) is -1.12. The van der Waals surface area contributed by atoms with Crippen molar-refractivity contribution in [3.63, 3.8) is 0 Å². The highest BCUT2D eigenvalue weighted by molar-refractivity contribution is 7.12. The molecule has 28 heavy (non-hydrogen) atoms. The van der Waals surface area contributed by atoms with Crippen LogP contribution >= 0.6 is 22.9 Å². The van der Waals surface area contributed by atoms with Crippen LogP contribution in [-0.4, -0.2) is 42.4 Å². The number of hydrogen-bond donors (Lipinski definition) is 1. The summed E-state index contributed by atoms with van der Waals surface area (Å²) in [5.41, 5.74) is 1.46. The van der Waals surface area contributed by atoms with Crippen molar-refractivity contribution in [2.75, 3.05) is 25.0 Å². The number of thiophene rings is 1. The number of benzene rings is 1. The van der Waals surface area contributed by atoms with Gasteiger partial charge >= 0.3 is 5.97 Å². The summed E-state index contributed by atoms with van der Waals surface area (Å²) >= 11 is 7.44. The second kappa shape index (κ2) is 9.21. The molecule has 1 aromatic carbocycles. The maximum atomic E-state index is 12.3. The number of nitrogens with zero attached hydrogens (tertiary/aromatic N) is 1. The molecule has 2 amide bonds. The Morgan fingerprint density at radius 3 is 2.64 bits per heavy atom. The number of carbonyl (C=O) groups is 3. The first-order valence-electron chi connectivity index (χ1n) is 8.99. The lowest BCUT2D eigenvalue weighted by molar-refractivity contribution is -0.152. The fraction of sp³-hybridized carbons (Fsp3) is 0.350. The van der Waals surface area contributed by atoms with Crippen molar-refractivity contribution >= 4 is 46.4 Å². The van der Waals surface area contributed by atoms with Crippen LogP contribution in [0.1, 0.15) is 28.1 Å². The minimum Gasteiger partial charge on any atom is -0.455 e. The van der Waals surface area contributed by atoms with Crippen LogP contribution in [0.25, 0.3) is 0 Å². The van der Waals surface area contributed by atoms with Gasteiger partial charge in [0.1, 0.15) is 0 Å². The molecular weight excluding hydrogens is 400 g/mol. The van der Waals surface area contributed by atoms with Crippen LogP contribution in [0.2, 0.25) is 5.02 Å². The summed E-state index contributed by atoms with van der Waals surface area (Å²) in [7, 11) is 0. The van der Waals surface area contributed by atoms with Crippen molar-refractivity contribution < 1.29 is 19.1 Å². The predicted octanol–water partition coefficient (Wildman–Crippen LogP) is 3.74. The van der Waals surface area contributed by atoms with Gasteiger partial charge in [0.2, 0.25) is 0 Å². The Labute approximate surface area is 172 Å². The molecule has 1 aliphatic rings. The van der Waals surface area contributed by atoms with Gasteiger partial charge in [-0.05, 0) is 48.9 Å². The number of amides is 2. The maximum Gasteiger partial charge on any atom is 0.309 e. The molecule has 2 aromatic rings. The zero-order chi connectivity index (χ0) is 20.1. The molecule has 3 rings (SSSR count). The van der Waals surface area contributed by atoms with Gasteiger partial charge in [0.15, 0.2) is 6.61 Å². The summed E-state index contributed by atoms with van der Waals surface area (Å²) in [6.07, 6.45) is 1.07. The van der Waals surface area contributed by atoms with Gasteiger partial charge in [-0.2, -0.15) is 0 Å². The second-order valence-corrected chi connectivity index (χ2v) is 8.02. The quantitative estimate of drug-likeness (QED) is 0.747. The van der Waals surface area contributed by atoms with E-state index in [1.54, 1.807) is 29.2 Å². The van der Waals surface area contributed by atoms with E-state index in [0.717, 1.165) is 5.56 Å². The average molecular weight is 421 g/mol. The highest BCUT2D eigenvalue weighted by Crippen LogP contribution is 2.22. The monoisotopic (exact) mass is 420 g/mol. The Morgan fingerprint density at radius 1 is 1.25 bits per heavy atom. The normalized spacial score (nSPS) is 14.6. The fourth-order valence-electron chi connectivity index (χ4n) is 3.00. The molecule has 0 unspecified atom stereocenters. The van der Waals surface area contributed by atoms with E-state index in [9.17, 15) is 14.4 Å². The first-order chi connectivity index (χ1) is 13.4. The minimum absolute atomic E-state index is 0.00189. The van der Waals surface area contributed by atoms with E-state index in [2.05, 4.69) is 5.32 Å². The van der Waals surface area contributed by atoms with Gasteiger partial charge in [-0.25, -0.2) is 0 Å². The number of aryl methyl sites for hydroxylation is 1. The van der Waals surface area contributed by atoms with Crippen molar-refractivity contribution in [2.45, 2.75) is 19.8 Å². The van der Waals surface area contributed by atoms with Gasteiger partial charge in [-0.15, -0.1) is 11.3 Å². The summed E-state index contributed by atoms with van der Waals surface area (Å²) in [6, 6.07) is 8.83. The zero-order valence-electron chi connectivity index (χ0n) is 15.4. The van der Waals surface area contributed by atoms with Gasteiger partial charge in [0.25, 0.3) is 11.8 Å². The van der Waals surface area contributed by atoms with E-state index in [1.165, 1.54) is 11.3 Å². The second-order valence-electron chi connectivity index (χ2n) is 6.66. The molecule has 6 nitrogen and oxygen atoms in total. The number of halogens is 1. The Balaban J connectivity index is 1.42. The van der Waals surface area contributed by atoms with E-state index >= 15 is 0 Å². The van der Waals surface area contributed by atoms with E-state index in [-0.39, 0.29) is 18.4 Å². The molecule has 8 heteroatoms. The summed E-state index contributed by atoms with van der Waals surface area (Å²) in [4.78, 5) is 39.0. The Kier molecular flexibility index (Phi) is 6.70. The summed E-state index contributed by atoms with van der Waals surface area (Å²) in [5, 5.41) is 5.08. The number of ether oxygens (including phenoxy) is 1. The van der Waals surface area contributed by atoms with Crippen LogP contribution < -0.4 is 5.32 Å². The highest BCUT2D eigenvalue weighted by Gasteiger charge is 2.29. The zero-order valence-corrected chi connectivity index (χ0v) is 17.0. The van der Waals surface area contributed by atoms with Crippen molar-refractivity contribution in [3.05, 3.63) is 51.2 Å². The molecule has 2 heterocycles. The van der Waals surface area contributed by atoms with Crippen LogP contribution in [0.5, 0.6) is 0 Å². The molecule has 148 valence electrons. The average Bonchev–Trinajstić information content (AvgIpc) is 3.23. The molecule has 1 aliphatic heterocycles. The predicted molar refractivity (Wildman–Crippen MR) is 109 cm³/mol. The summed E-state index contributed by atoms with van der Waals surface area (Å²) < 4.78 is 5.15. The van der Waals surface area contributed by atoms with E-state index in [1.807, 2.05) is 18.4 Å². The van der Waals surface area contributed by atoms with Gasteiger partial charge < -0.3 is 15.0 Å². The van der Waals surface area contributed by atoms with Crippen LogP contribution in [0.4, 0.5) is 5.69 Å². The van der Waals surface area contributed by atoms with Crippen LogP contribution in [0.3, 0.4) is 0 Å². The van der Waals surface area contributed by atoms with Crippen LogP contribution in [0.15, 0.2) is 35.7 Å². The van der Waals surface area contributed by atoms with Crippen molar-refractivity contribution in [1.29, 1.82) is 0 Å². The highest BCUT2D eigenvalue weighted by atomic mass is 35.5. The number of carbonyl (C=O) groups excluding carboxylic acids is 3. The molecular formula is C20H21ClN2O4S. The van der Waals surface area contributed by atoms with Crippen LogP contribution in [0, 0.1) is 12.8 Å². The largest absolute Gasteiger partial charge is 0.455 e. The van der Waals surface area contributed by atoms with Crippen molar-refractivity contribution in [3.8, 4) is 0 Å². The number of hydrogen-bond acceptors (Lipinski definition) is 5. The number of piperidine rings is 1. The first kappa shape index (κ1) is 20.4. The Hall–Kier alpha value is -2.38. The van der Waals surface area contributed by atoms with Crippen LogP contribution in [-0.2, 0) is 14.3 Å². The minimum atomic E-state index is -0.418. The van der Waals surface area contributed by atoms with E-state index < -0.39 is 11.9 Å². The van der Waals surface area contributed by atoms with Crippen molar-refractivity contribution in [2.24, 2.45) is 5.92 Å². The van der Waals surface area contributed by atoms with Gasteiger partial charge in [0, 0.05) is 23.8 Å². The fourth-order valence-corrected chi connectivity index (χ4v) is 3.87. The number of likely N-dealkylation sites (tertiary alicyclic amines) is 1. The Bertz CT molecular complexity index is 861. The third-order valence-electron chi connectivity index (χ3n) is 4.65. The van der Waals surface area contributed by atoms with Crippen molar-refractivity contribution in [1.82, 2.24) is 4.90 Å². The molecule has 1 saturated heterocycles. The number of nitrogens with one attached hydrogen (secondary N) is 1. The standard InChI is InChI=1S/C20H21ClN2O4S/c1-13-4-5-15(11-16(13)21)22-18(24)12-27-20(26)14-6-8-23(9-7-14)19(25)17-3-2-10-28-17/h2-5,10-11,14H,6-9,12H2,1H3,(H,22,24). The third kappa shape index (κ3) is 5.11. The number of esters is 1. The summed E-state index contributed by atoms with van der Waals surface area (Å²) in [6.45, 7) is 2.53. The lowest BCUT2D eigenvalue weighted by Crippen LogP contribution is -2.40. The van der Waals surface area contributed by atoms with Gasteiger partial charge in [0.05, 0.1) is 10.8 Å². The lowest BCUT2D eigenvalue weighted by Gasteiger charge is -2.30. The Morgan fingerprint density at radius 2 is 2.00 bits per heavy atom. The molecule has 1 N–H and O–H groups in total. The molecule has 1 fully saturated rings. The number of anilines is 1. The molecule has 0 spiro atoms. The molecule has 1 aromatic heterocycles. The third-order valence-corrected chi connectivity index (χ3v) is 5.91. The number of rotatable bonds is 5. The molecule has 0 radical (unpaired) electrons. The van der Waals surface area contributed by atoms with Gasteiger partial charge in [-0.1, -0.05) is 23.7 Å². The molecule has 0 aliphatic carbocycles. The lowest BCUT2D eigenvalue weighted by atomic mass is 9.97. The molecule has 0 bridgehead atoms. The smallest absolute Gasteiger partial charge is 0.309 e. The molecule has 0 atom stereocenters. The first-order valence-corrected chi connectivity index (χ1v) is 10.2. The van der Waals surface area contributed by atoms with E-state index in [4.69, 9.17) is 16.3 Å². The SMILES string of the molecule is Cc1ccc(NC(=O)COC(=O)C2CCN(C(=O)c3cccs3)CC2)cc1Cl. The molecule has 0 saturated carbocycles.